The SMILES string of the molecule is CC(N)CC(=O)NCCNc1ccc(C(F)(F)F)cc1[N+](=O)[O-]. The van der Waals surface area contributed by atoms with Crippen LogP contribution in [0.15, 0.2) is 18.2 Å². The highest BCUT2D eigenvalue weighted by Crippen LogP contribution is 2.34. The maximum absolute atomic E-state index is 12.6. The Kier molecular flexibility index (Phi) is 6.31. The summed E-state index contributed by atoms with van der Waals surface area (Å²) in [5, 5.41) is 16.0. The fraction of sp³-hybridized carbons (Fsp3) is 0.462. The molecule has 0 heterocycles. The van der Waals surface area contributed by atoms with Gasteiger partial charge in [-0.2, -0.15) is 13.2 Å². The molecule has 7 nitrogen and oxygen atoms in total. The number of nitro benzene ring substituents is 1. The van der Waals surface area contributed by atoms with Crippen molar-refractivity contribution in [2.24, 2.45) is 5.73 Å². The highest BCUT2D eigenvalue weighted by molar-refractivity contribution is 5.76. The highest BCUT2D eigenvalue weighted by Gasteiger charge is 2.32. The molecule has 0 fully saturated rings. The summed E-state index contributed by atoms with van der Waals surface area (Å²) in [5.41, 5.74) is 3.62. The van der Waals surface area contributed by atoms with Crippen LogP contribution in [0.4, 0.5) is 24.5 Å². The third kappa shape index (κ3) is 6.10. The third-order valence-corrected chi connectivity index (χ3v) is 2.79. The Morgan fingerprint density at radius 1 is 1.39 bits per heavy atom. The van der Waals surface area contributed by atoms with Crippen molar-refractivity contribution in [3.8, 4) is 0 Å². The van der Waals surface area contributed by atoms with E-state index in [4.69, 9.17) is 5.73 Å². The molecule has 10 heteroatoms. The molecule has 0 saturated heterocycles. The van der Waals surface area contributed by atoms with Crippen LogP contribution in [0.1, 0.15) is 18.9 Å². The third-order valence-electron chi connectivity index (χ3n) is 2.79. The number of carbonyl (C=O) groups excluding carboxylic acids is 1. The molecule has 1 unspecified atom stereocenters. The molecule has 0 bridgehead atoms. The van der Waals surface area contributed by atoms with Crippen LogP contribution in [-0.4, -0.2) is 30.0 Å². The first-order valence-electron chi connectivity index (χ1n) is 6.73. The van der Waals surface area contributed by atoms with Gasteiger partial charge in [-0.15, -0.1) is 0 Å². The number of nitrogens with zero attached hydrogens (tertiary/aromatic N) is 1. The van der Waals surface area contributed by atoms with E-state index in [1.807, 2.05) is 0 Å². The minimum Gasteiger partial charge on any atom is -0.378 e. The Labute approximate surface area is 130 Å². The topological polar surface area (TPSA) is 110 Å². The van der Waals surface area contributed by atoms with E-state index in [1.165, 1.54) is 0 Å². The minimum atomic E-state index is -4.66. The maximum atomic E-state index is 12.6. The molecule has 1 aromatic carbocycles. The van der Waals surface area contributed by atoms with Crippen molar-refractivity contribution in [2.45, 2.75) is 25.6 Å². The van der Waals surface area contributed by atoms with Crippen LogP contribution in [0, 0.1) is 10.1 Å². The highest BCUT2D eigenvalue weighted by atomic mass is 19.4. The van der Waals surface area contributed by atoms with Gasteiger partial charge in [0, 0.05) is 31.6 Å². The second kappa shape index (κ2) is 7.77. The largest absolute Gasteiger partial charge is 0.416 e. The number of amides is 1. The maximum Gasteiger partial charge on any atom is 0.416 e. The monoisotopic (exact) mass is 334 g/mol. The fourth-order valence-electron chi connectivity index (χ4n) is 1.77. The number of rotatable bonds is 7. The van der Waals surface area contributed by atoms with Gasteiger partial charge in [-0.1, -0.05) is 0 Å². The molecule has 128 valence electrons. The van der Waals surface area contributed by atoms with Crippen molar-refractivity contribution >= 4 is 17.3 Å². The van der Waals surface area contributed by atoms with Gasteiger partial charge in [0.2, 0.25) is 5.91 Å². The molecule has 0 aliphatic heterocycles. The van der Waals surface area contributed by atoms with Gasteiger partial charge < -0.3 is 16.4 Å². The van der Waals surface area contributed by atoms with Crippen molar-refractivity contribution in [3.05, 3.63) is 33.9 Å². The Morgan fingerprint density at radius 3 is 2.57 bits per heavy atom. The number of anilines is 1. The minimum absolute atomic E-state index is 0.0514. The molecule has 0 aliphatic rings. The van der Waals surface area contributed by atoms with Gasteiger partial charge in [-0.05, 0) is 19.1 Å². The quantitative estimate of drug-likeness (QED) is 0.401. The molecule has 1 aromatic rings. The lowest BCUT2D eigenvalue weighted by molar-refractivity contribution is -0.384. The van der Waals surface area contributed by atoms with Crippen molar-refractivity contribution in [3.63, 3.8) is 0 Å². The van der Waals surface area contributed by atoms with Crippen LogP contribution in [0.2, 0.25) is 0 Å². The van der Waals surface area contributed by atoms with Gasteiger partial charge >= 0.3 is 6.18 Å². The van der Waals surface area contributed by atoms with E-state index >= 15 is 0 Å². The van der Waals surface area contributed by atoms with Crippen LogP contribution < -0.4 is 16.4 Å². The summed E-state index contributed by atoms with van der Waals surface area (Å²) >= 11 is 0. The predicted molar refractivity (Wildman–Crippen MR) is 77.9 cm³/mol. The summed E-state index contributed by atoms with van der Waals surface area (Å²) in [5.74, 6) is -0.274. The molecule has 0 spiro atoms. The first kappa shape index (κ1) is 18.7. The Balaban J connectivity index is 2.67. The van der Waals surface area contributed by atoms with Crippen LogP contribution >= 0.6 is 0 Å². The summed E-state index contributed by atoms with van der Waals surface area (Å²) in [6, 6.07) is 1.92. The lowest BCUT2D eigenvalue weighted by atomic mass is 10.1. The standard InChI is InChI=1S/C13H17F3N4O3/c1-8(17)6-12(21)19-5-4-18-10-3-2-9(13(14,15)16)7-11(10)20(22)23/h2-3,7-8,18H,4-6,17H2,1H3,(H,19,21). The molecule has 1 atom stereocenters. The number of nitro groups is 1. The van der Waals surface area contributed by atoms with Gasteiger partial charge in [0.1, 0.15) is 5.69 Å². The van der Waals surface area contributed by atoms with Gasteiger partial charge in [-0.3, -0.25) is 14.9 Å². The smallest absolute Gasteiger partial charge is 0.378 e. The molecule has 0 radical (unpaired) electrons. The second-order valence-electron chi connectivity index (χ2n) is 4.94. The average Bonchev–Trinajstić information content (AvgIpc) is 2.41. The number of hydrogen-bond donors (Lipinski definition) is 3. The number of halogens is 3. The summed E-state index contributed by atoms with van der Waals surface area (Å²) in [6.07, 6.45) is -4.52. The Hall–Kier alpha value is -2.36. The van der Waals surface area contributed by atoms with Crippen LogP contribution in [0.3, 0.4) is 0 Å². The number of benzene rings is 1. The van der Waals surface area contributed by atoms with Crippen LogP contribution in [0.5, 0.6) is 0 Å². The Bertz CT molecular complexity index is 576. The zero-order chi connectivity index (χ0) is 17.6. The summed E-state index contributed by atoms with van der Waals surface area (Å²) < 4.78 is 37.7. The number of hydrogen-bond acceptors (Lipinski definition) is 5. The van der Waals surface area contributed by atoms with E-state index in [-0.39, 0.29) is 37.1 Å². The lowest BCUT2D eigenvalue weighted by Gasteiger charge is -2.11. The second-order valence-corrected chi connectivity index (χ2v) is 4.94. The van der Waals surface area contributed by atoms with Crippen LogP contribution in [-0.2, 0) is 11.0 Å². The van der Waals surface area contributed by atoms with Crippen molar-refractivity contribution < 1.29 is 22.9 Å². The van der Waals surface area contributed by atoms with Crippen molar-refractivity contribution in [1.82, 2.24) is 5.32 Å². The zero-order valence-electron chi connectivity index (χ0n) is 12.3. The lowest BCUT2D eigenvalue weighted by Crippen LogP contribution is -2.33. The number of carbonyl (C=O) groups is 1. The molecule has 1 rings (SSSR count). The van der Waals surface area contributed by atoms with Gasteiger partial charge in [0.05, 0.1) is 10.5 Å². The molecular weight excluding hydrogens is 317 g/mol. The molecule has 0 aliphatic carbocycles. The fourth-order valence-corrected chi connectivity index (χ4v) is 1.77. The number of nitrogens with two attached hydrogens (primary N) is 1. The number of alkyl halides is 3. The van der Waals surface area contributed by atoms with E-state index in [9.17, 15) is 28.1 Å². The van der Waals surface area contributed by atoms with Gasteiger partial charge in [-0.25, -0.2) is 0 Å². The summed E-state index contributed by atoms with van der Waals surface area (Å²) in [6.45, 7) is 1.95. The van der Waals surface area contributed by atoms with E-state index < -0.39 is 22.4 Å². The van der Waals surface area contributed by atoms with E-state index in [0.717, 1.165) is 12.1 Å². The predicted octanol–water partition coefficient (Wildman–Crippen LogP) is 1.88. The van der Waals surface area contributed by atoms with E-state index in [2.05, 4.69) is 10.6 Å². The molecule has 0 aromatic heterocycles. The van der Waals surface area contributed by atoms with E-state index in [0.29, 0.717) is 6.07 Å². The summed E-state index contributed by atoms with van der Waals surface area (Å²) in [7, 11) is 0. The number of nitrogens with one attached hydrogen (secondary N) is 2. The Morgan fingerprint density at radius 2 is 2.04 bits per heavy atom. The molecule has 1 amide bonds. The molecule has 0 saturated carbocycles. The molecular formula is C13H17F3N4O3. The molecule has 23 heavy (non-hydrogen) atoms. The molecule has 4 N–H and O–H groups in total. The first-order chi connectivity index (χ1) is 10.6. The van der Waals surface area contributed by atoms with Gasteiger partial charge in [0.25, 0.3) is 5.69 Å². The summed E-state index contributed by atoms with van der Waals surface area (Å²) in [4.78, 5) is 21.3. The van der Waals surface area contributed by atoms with Gasteiger partial charge in [0.15, 0.2) is 0 Å². The first-order valence-corrected chi connectivity index (χ1v) is 6.73. The van der Waals surface area contributed by atoms with E-state index in [1.54, 1.807) is 6.92 Å². The normalized spacial score (nSPS) is 12.6. The van der Waals surface area contributed by atoms with Crippen molar-refractivity contribution in [1.29, 1.82) is 0 Å². The van der Waals surface area contributed by atoms with Crippen molar-refractivity contribution in [2.75, 3.05) is 18.4 Å². The van der Waals surface area contributed by atoms with Crippen LogP contribution in [0.25, 0.3) is 0 Å². The zero-order valence-corrected chi connectivity index (χ0v) is 12.3. The average molecular weight is 334 g/mol.